The van der Waals surface area contributed by atoms with Crippen molar-refractivity contribution in [3.8, 4) is 0 Å². The maximum atomic E-state index is 12.3. The van der Waals surface area contributed by atoms with Gasteiger partial charge in [-0.25, -0.2) is 21.8 Å². The maximum Gasteiger partial charge on any atom is 1.00 e. The van der Waals surface area contributed by atoms with Crippen molar-refractivity contribution in [2.45, 2.75) is 16.2 Å². The van der Waals surface area contributed by atoms with E-state index in [4.69, 9.17) is 20.9 Å². The Kier molecular flexibility index (Phi) is 14.4. The predicted octanol–water partition coefficient (Wildman–Crippen LogP) is -5.18. The Bertz CT molecular complexity index is 2000. The summed E-state index contributed by atoms with van der Waals surface area (Å²) in [6.07, 6.45) is 2.62. The molecule has 2 aliphatic heterocycles. The van der Waals surface area contributed by atoms with Gasteiger partial charge in [0.15, 0.2) is 0 Å². The van der Waals surface area contributed by atoms with Gasteiger partial charge < -0.3 is 45.2 Å². The standard InChI is InChI=1S/C30H34N10O8S2.2Na/c31-26-18-23(34-29(35-26)39-7-11-47-12-8-39)15-19-1-2-20(24(16-19)49(41,42)43)3-4-21-5-6-22(17-25(21)50(44,45)46)33-28-36-27(32)37-30(38-28)40-9-13-48-14-10-40;;/h1-6,16-18H,7-15H2,(H2,31,34,35)(H,41,42,43)(H,44,45,46)(H3,32,33,36,37,38);;/q;2*+1/p-2/b4-3+;;. The molecule has 0 bridgehead atoms. The topological polar surface area (TPSA) is 268 Å². The van der Waals surface area contributed by atoms with Crippen LogP contribution in [0.2, 0.25) is 0 Å². The molecular weight excluding hydrogens is 739 g/mol. The third-order valence-electron chi connectivity index (χ3n) is 7.73. The quantitative estimate of drug-likeness (QED) is 0.0773. The monoisotopic (exact) mass is 770 g/mol. The zero-order chi connectivity index (χ0) is 35.5. The number of benzene rings is 2. The first-order valence-corrected chi connectivity index (χ1v) is 18.1. The molecule has 6 rings (SSSR count). The Labute approximate surface area is 344 Å². The molecule has 4 aromatic rings. The summed E-state index contributed by atoms with van der Waals surface area (Å²) in [5.41, 5.74) is 12.9. The molecule has 5 N–H and O–H groups in total. The molecule has 0 radical (unpaired) electrons. The number of hydrogen-bond acceptors (Lipinski definition) is 18. The summed E-state index contributed by atoms with van der Waals surface area (Å²) in [4.78, 5) is 24.0. The minimum Gasteiger partial charge on any atom is -0.744 e. The van der Waals surface area contributed by atoms with E-state index in [2.05, 4.69) is 30.2 Å². The first-order valence-electron chi connectivity index (χ1n) is 15.3. The van der Waals surface area contributed by atoms with Crippen molar-refractivity contribution in [1.82, 2.24) is 24.9 Å². The number of anilines is 6. The van der Waals surface area contributed by atoms with Gasteiger partial charge in [-0.3, -0.25) is 0 Å². The number of nitrogens with two attached hydrogens (primary N) is 2. The van der Waals surface area contributed by atoms with E-state index in [1.165, 1.54) is 36.4 Å². The summed E-state index contributed by atoms with van der Waals surface area (Å²) >= 11 is 0. The molecule has 22 heteroatoms. The Morgan fingerprint density at radius 2 is 1.25 bits per heavy atom. The summed E-state index contributed by atoms with van der Waals surface area (Å²) in [5, 5.41) is 2.85. The van der Waals surface area contributed by atoms with E-state index in [0.29, 0.717) is 75.8 Å². The first kappa shape index (κ1) is 41.8. The van der Waals surface area contributed by atoms with Gasteiger partial charge in [0.1, 0.15) is 26.1 Å². The van der Waals surface area contributed by atoms with Crippen LogP contribution in [0.15, 0.2) is 52.3 Å². The number of ether oxygens (including phenoxy) is 2. The van der Waals surface area contributed by atoms with Crippen LogP contribution in [0.3, 0.4) is 0 Å². The number of nitrogens with zero attached hydrogens (tertiary/aromatic N) is 7. The summed E-state index contributed by atoms with van der Waals surface area (Å²) in [7, 11) is -10.0. The van der Waals surface area contributed by atoms with Gasteiger partial charge in [-0.15, -0.1) is 0 Å². The molecule has 4 heterocycles. The van der Waals surface area contributed by atoms with Crippen LogP contribution in [0.1, 0.15) is 22.4 Å². The number of morpholine rings is 2. The maximum absolute atomic E-state index is 12.3. The summed E-state index contributed by atoms with van der Waals surface area (Å²) in [6.45, 7) is 4.24. The minimum absolute atomic E-state index is 0. The molecule has 0 unspecified atom stereocenters. The van der Waals surface area contributed by atoms with Gasteiger partial charge in [-0.05, 0) is 34.9 Å². The van der Waals surface area contributed by atoms with Gasteiger partial charge in [0.05, 0.1) is 41.9 Å². The zero-order valence-electron chi connectivity index (χ0n) is 28.4. The summed E-state index contributed by atoms with van der Waals surface area (Å²) < 4.78 is 84.6. The first-order chi connectivity index (χ1) is 23.8. The van der Waals surface area contributed by atoms with Crippen LogP contribution in [0, 0.1) is 0 Å². The fraction of sp³-hybridized carbons (Fsp3) is 0.300. The normalized spacial score (nSPS) is 15.2. The number of nitrogen functional groups attached to an aromatic ring is 2. The van der Waals surface area contributed by atoms with Gasteiger partial charge in [0.25, 0.3) is 0 Å². The second kappa shape index (κ2) is 17.9. The number of rotatable bonds is 10. The van der Waals surface area contributed by atoms with Gasteiger partial charge >= 0.3 is 59.1 Å². The van der Waals surface area contributed by atoms with E-state index < -0.39 is 30.0 Å². The van der Waals surface area contributed by atoms with E-state index in [0.717, 1.165) is 6.07 Å². The van der Waals surface area contributed by atoms with E-state index in [1.807, 2.05) is 9.80 Å². The number of nitrogens with one attached hydrogen (secondary N) is 1. The van der Waals surface area contributed by atoms with Crippen LogP contribution in [0.5, 0.6) is 0 Å². The van der Waals surface area contributed by atoms with Crippen molar-refractivity contribution in [2.24, 2.45) is 0 Å². The second-order valence-electron chi connectivity index (χ2n) is 11.3. The Morgan fingerprint density at radius 1 is 0.712 bits per heavy atom. The van der Waals surface area contributed by atoms with E-state index in [1.54, 1.807) is 12.1 Å². The van der Waals surface area contributed by atoms with Crippen LogP contribution >= 0.6 is 0 Å². The van der Waals surface area contributed by atoms with Gasteiger partial charge in [-0.2, -0.15) is 19.9 Å². The van der Waals surface area contributed by atoms with Gasteiger partial charge in [-0.1, -0.05) is 30.4 Å². The molecule has 264 valence electrons. The van der Waals surface area contributed by atoms with Gasteiger partial charge in [0.2, 0.25) is 23.8 Å². The fourth-order valence-corrected chi connectivity index (χ4v) is 6.78. The molecular formula is C30H32N10Na2O8S2. The van der Waals surface area contributed by atoms with Crippen LogP contribution in [0.4, 0.5) is 35.3 Å². The molecule has 0 saturated carbocycles. The smallest absolute Gasteiger partial charge is 0.744 e. The number of aromatic nitrogens is 5. The molecule has 0 amide bonds. The van der Waals surface area contributed by atoms with Crippen molar-refractivity contribution >= 4 is 67.7 Å². The average molecular weight is 771 g/mol. The van der Waals surface area contributed by atoms with Gasteiger partial charge in [0, 0.05) is 44.4 Å². The zero-order valence-corrected chi connectivity index (χ0v) is 34.1. The molecule has 0 spiro atoms. The Balaban J connectivity index is 0.00000302. The molecule has 18 nitrogen and oxygen atoms in total. The van der Waals surface area contributed by atoms with Crippen molar-refractivity contribution in [2.75, 3.05) is 79.2 Å². The van der Waals surface area contributed by atoms with E-state index >= 15 is 0 Å². The Hall–Kier alpha value is -2.99. The minimum atomic E-state index is -5.04. The third-order valence-corrected chi connectivity index (χ3v) is 9.51. The number of hydrogen-bond donors (Lipinski definition) is 3. The Morgan fingerprint density at radius 3 is 1.83 bits per heavy atom. The van der Waals surface area contributed by atoms with Crippen LogP contribution in [0.25, 0.3) is 12.2 Å². The van der Waals surface area contributed by atoms with Crippen molar-refractivity contribution in [3.63, 3.8) is 0 Å². The van der Waals surface area contributed by atoms with Crippen LogP contribution in [-0.4, -0.2) is 103 Å². The summed E-state index contributed by atoms with van der Waals surface area (Å²) in [5.74, 6) is 0.889. The van der Waals surface area contributed by atoms with Crippen LogP contribution < -0.4 is 85.7 Å². The van der Waals surface area contributed by atoms with Crippen molar-refractivity contribution in [3.05, 3.63) is 64.8 Å². The van der Waals surface area contributed by atoms with Crippen LogP contribution in [-0.2, 0) is 36.1 Å². The predicted molar refractivity (Wildman–Crippen MR) is 181 cm³/mol. The van der Waals surface area contributed by atoms with Crippen molar-refractivity contribution in [1.29, 1.82) is 0 Å². The molecule has 2 saturated heterocycles. The SMILES string of the molecule is Nc1cc(Cc2ccc(/C=C/c3ccc(Nc4nc(N)nc(N5CCOCC5)n4)cc3S(=O)(=O)[O-])c(S(=O)(=O)[O-])c2)nc(N2CCOCC2)n1.[Na+].[Na+]. The fourth-order valence-electron chi connectivity index (χ4n) is 5.37. The van der Waals surface area contributed by atoms with Crippen molar-refractivity contribution < 1.29 is 94.5 Å². The molecule has 2 fully saturated rings. The molecule has 0 aliphatic carbocycles. The molecule has 2 aromatic heterocycles. The molecule has 52 heavy (non-hydrogen) atoms. The third kappa shape index (κ3) is 10.8. The average Bonchev–Trinajstić information content (AvgIpc) is 3.07. The largest absolute Gasteiger partial charge is 1.00 e. The molecule has 2 aliphatic rings. The van der Waals surface area contributed by atoms with E-state index in [-0.39, 0.29) is 100 Å². The molecule has 2 aromatic carbocycles. The second-order valence-corrected chi connectivity index (χ2v) is 14.0. The molecule has 0 atom stereocenters. The summed E-state index contributed by atoms with van der Waals surface area (Å²) in [6, 6.07) is 9.68. The van der Waals surface area contributed by atoms with E-state index in [9.17, 15) is 25.9 Å².